The second kappa shape index (κ2) is 10.6. The van der Waals surface area contributed by atoms with E-state index in [2.05, 4.69) is 0 Å². The Morgan fingerprint density at radius 1 is 0.921 bits per heavy atom. The van der Waals surface area contributed by atoms with Crippen molar-refractivity contribution in [1.82, 2.24) is 9.55 Å². The van der Waals surface area contributed by atoms with Crippen LogP contribution in [-0.2, 0) is 6.54 Å². The first kappa shape index (κ1) is 25.4. The molecule has 0 aliphatic heterocycles. The van der Waals surface area contributed by atoms with E-state index in [-0.39, 0.29) is 5.56 Å². The monoisotopic (exact) mass is 543 g/mol. The molecule has 5 aromatic rings. The van der Waals surface area contributed by atoms with Gasteiger partial charge in [-0.1, -0.05) is 65.7 Å². The van der Waals surface area contributed by atoms with Gasteiger partial charge in [-0.2, -0.15) is 0 Å². The minimum absolute atomic E-state index is 0.239. The van der Waals surface area contributed by atoms with Crippen molar-refractivity contribution in [3.8, 4) is 39.5 Å². The highest BCUT2D eigenvalue weighted by Gasteiger charge is 2.15. The van der Waals surface area contributed by atoms with E-state index in [9.17, 15) is 9.90 Å². The van der Waals surface area contributed by atoms with Crippen molar-refractivity contribution in [2.24, 2.45) is 0 Å². The Labute approximate surface area is 229 Å². The van der Waals surface area contributed by atoms with Gasteiger partial charge in [0.05, 0.1) is 29.1 Å². The predicted octanol–water partition coefficient (Wildman–Crippen LogP) is 7.53. The first-order valence-corrected chi connectivity index (χ1v) is 12.5. The first-order valence-electron chi connectivity index (χ1n) is 11.7. The maximum atomic E-state index is 11.3. The number of carbonyl (C=O) groups is 1. The third-order valence-corrected chi connectivity index (χ3v) is 6.80. The number of imidazole rings is 1. The maximum Gasteiger partial charge on any atom is 0.335 e. The van der Waals surface area contributed by atoms with Gasteiger partial charge in [-0.3, -0.25) is 0 Å². The number of halogens is 2. The topological polar surface area (TPSA) is 90.4 Å². The molecule has 0 aliphatic rings. The third-order valence-electron chi connectivity index (χ3n) is 6.25. The van der Waals surface area contributed by atoms with E-state index in [0.29, 0.717) is 33.7 Å². The van der Waals surface area contributed by atoms with Gasteiger partial charge < -0.3 is 20.1 Å². The van der Waals surface area contributed by atoms with Crippen LogP contribution in [0.2, 0.25) is 10.0 Å². The number of aromatic nitrogens is 2. The summed E-state index contributed by atoms with van der Waals surface area (Å²) in [5, 5.41) is 10.3. The Kier molecular flexibility index (Phi) is 7.09. The fourth-order valence-electron chi connectivity index (χ4n) is 4.25. The number of hydrogen-bond donors (Lipinski definition) is 2. The highest BCUT2D eigenvalue weighted by atomic mass is 35.5. The van der Waals surface area contributed by atoms with Crippen LogP contribution in [0.4, 0.5) is 5.69 Å². The molecule has 38 heavy (non-hydrogen) atoms. The molecule has 0 spiro atoms. The molecule has 0 amide bonds. The van der Waals surface area contributed by atoms with Crippen LogP contribution in [0, 0.1) is 0 Å². The van der Waals surface area contributed by atoms with E-state index >= 15 is 0 Å². The predicted molar refractivity (Wildman–Crippen MR) is 152 cm³/mol. The normalized spacial score (nSPS) is 10.9. The van der Waals surface area contributed by atoms with Crippen molar-refractivity contribution in [3.63, 3.8) is 0 Å². The Hall–Kier alpha value is -4.26. The molecule has 0 radical (unpaired) electrons. The lowest BCUT2D eigenvalue weighted by molar-refractivity contribution is 0.0697. The number of hydrogen-bond acceptors (Lipinski definition) is 4. The van der Waals surface area contributed by atoms with Crippen LogP contribution in [0.25, 0.3) is 33.8 Å². The van der Waals surface area contributed by atoms with Gasteiger partial charge in [0.2, 0.25) is 0 Å². The fourth-order valence-corrected chi connectivity index (χ4v) is 4.75. The molecule has 1 heterocycles. The molecule has 1 aromatic heterocycles. The van der Waals surface area contributed by atoms with Gasteiger partial charge in [0.1, 0.15) is 11.6 Å². The van der Waals surface area contributed by atoms with Gasteiger partial charge in [0, 0.05) is 28.9 Å². The number of carboxylic acids is 1. The van der Waals surface area contributed by atoms with Crippen molar-refractivity contribution in [2.45, 2.75) is 6.54 Å². The minimum Gasteiger partial charge on any atom is -0.495 e. The molecule has 190 valence electrons. The molecular weight excluding hydrogens is 521 g/mol. The molecule has 0 fully saturated rings. The summed E-state index contributed by atoms with van der Waals surface area (Å²) in [4.78, 5) is 16.2. The Morgan fingerprint density at radius 2 is 1.61 bits per heavy atom. The molecular formula is C30H23Cl2N3O3. The molecule has 3 N–H and O–H groups in total. The second-order valence-corrected chi connectivity index (χ2v) is 9.58. The summed E-state index contributed by atoms with van der Waals surface area (Å²) in [5.74, 6) is 0.411. The number of rotatable bonds is 7. The number of carboxylic acid groups (broad SMARTS) is 1. The fraction of sp³-hybridized carbons (Fsp3) is 0.0667. The molecule has 0 bridgehead atoms. The van der Waals surface area contributed by atoms with Crippen LogP contribution < -0.4 is 10.5 Å². The zero-order valence-corrected chi connectivity index (χ0v) is 21.9. The average Bonchev–Trinajstić information content (AvgIpc) is 3.32. The van der Waals surface area contributed by atoms with Gasteiger partial charge in [-0.15, -0.1) is 0 Å². The smallest absolute Gasteiger partial charge is 0.335 e. The number of anilines is 1. The number of nitrogens with zero attached hydrogens (tertiary/aromatic N) is 2. The van der Waals surface area contributed by atoms with Crippen LogP contribution in [0.5, 0.6) is 5.75 Å². The molecule has 0 saturated carbocycles. The first-order chi connectivity index (χ1) is 18.3. The molecule has 0 atom stereocenters. The van der Waals surface area contributed by atoms with Crippen molar-refractivity contribution >= 4 is 34.9 Å². The number of ether oxygens (including phenoxy) is 1. The number of methoxy groups -OCH3 is 1. The highest BCUT2D eigenvalue weighted by Crippen LogP contribution is 2.34. The Balaban J connectivity index is 1.54. The standard InChI is InChI=1S/C30H23Cl2N3O3/c1-38-28-14-22(10-13-26(28)33)19-6-8-20(9-7-19)29-34-27(24-12-11-23(31)15-25(24)32)17-35(29)16-18-2-4-21(5-3-18)30(36)37/h2-15,17H,16,33H2,1H3,(H,36,37). The summed E-state index contributed by atoms with van der Waals surface area (Å²) in [6.45, 7) is 0.490. The van der Waals surface area contributed by atoms with E-state index in [1.54, 1.807) is 43.5 Å². The van der Waals surface area contributed by atoms with E-state index in [1.165, 1.54) is 0 Å². The summed E-state index contributed by atoms with van der Waals surface area (Å²) < 4.78 is 7.39. The maximum absolute atomic E-state index is 11.3. The van der Waals surface area contributed by atoms with Crippen molar-refractivity contribution in [3.05, 3.63) is 112 Å². The van der Waals surface area contributed by atoms with Gasteiger partial charge in [-0.05, 0) is 59.2 Å². The summed E-state index contributed by atoms with van der Waals surface area (Å²) >= 11 is 12.6. The molecule has 0 aliphatic carbocycles. The van der Waals surface area contributed by atoms with E-state index < -0.39 is 5.97 Å². The SMILES string of the molecule is COc1cc(-c2ccc(-c3nc(-c4ccc(Cl)cc4Cl)cn3Cc3ccc(C(=O)O)cc3)cc2)ccc1N. The van der Waals surface area contributed by atoms with E-state index in [4.69, 9.17) is 38.7 Å². The molecule has 0 unspecified atom stereocenters. The number of nitrogens with two attached hydrogens (primary N) is 1. The Bertz CT molecular complexity index is 1630. The summed E-state index contributed by atoms with van der Waals surface area (Å²) in [7, 11) is 1.60. The van der Waals surface area contributed by atoms with Gasteiger partial charge in [0.15, 0.2) is 0 Å². The lowest BCUT2D eigenvalue weighted by Crippen LogP contribution is -2.02. The van der Waals surface area contributed by atoms with E-state index in [0.717, 1.165) is 33.6 Å². The lowest BCUT2D eigenvalue weighted by atomic mass is 10.0. The van der Waals surface area contributed by atoms with Crippen LogP contribution in [0.3, 0.4) is 0 Å². The zero-order valence-electron chi connectivity index (χ0n) is 20.4. The largest absolute Gasteiger partial charge is 0.495 e. The van der Waals surface area contributed by atoms with Crippen molar-refractivity contribution < 1.29 is 14.6 Å². The van der Waals surface area contributed by atoms with Crippen molar-refractivity contribution in [1.29, 1.82) is 0 Å². The summed E-state index contributed by atoms with van der Waals surface area (Å²) in [5.41, 5.74) is 12.1. The molecule has 6 nitrogen and oxygen atoms in total. The average molecular weight is 544 g/mol. The minimum atomic E-state index is -0.960. The van der Waals surface area contributed by atoms with Crippen LogP contribution in [0.1, 0.15) is 15.9 Å². The number of benzene rings is 4. The highest BCUT2D eigenvalue weighted by molar-refractivity contribution is 6.36. The molecule has 0 saturated heterocycles. The number of aromatic carboxylic acids is 1. The third kappa shape index (κ3) is 5.23. The molecule has 8 heteroatoms. The van der Waals surface area contributed by atoms with Gasteiger partial charge >= 0.3 is 5.97 Å². The van der Waals surface area contributed by atoms with Crippen molar-refractivity contribution in [2.75, 3.05) is 12.8 Å². The quantitative estimate of drug-likeness (QED) is 0.207. The van der Waals surface area contributed by atoms with Crippen LogP contribution >= 0.6 is 23.2 Å². The second-order valence-electron chi connectivity index (χ2n) is 8.74. The summed E-state index contributed by atoms with van der Waals surface area (Å²) in [6.07, 6.45) is 1.94. The van der Waals surface area contributed by atoms with Crippen LogP contribution in [-0.4, -0.2) is 27.7 Å². The Morgan fingerprint density at radius 3 is 2.26 bits per heavy atom. The molecule has 4 aromatic carbocycles. The van der Waals surface area contributed by atoms with E-state index in [1.807, 2.05) is 59.3 Å². The molecule has 5 rings (SSSR count). The zero-order chi connectivity index (χ0) is 26.8. The summed E-state index contributed by atoms with van der Waals surface area (Å²) in [6, 6.07) is 25.9. The van der Waals surface area contributed by atoms with Gasteiger partial charge in [-0.25, -0.2) is 9.78 Å². The number of nitrogen functional groups attached to an aromatic ring is 1. The lowest BCUT2D eigenvalue weighted by Gasteiger charge is -2.10. The van der Waals surface area contributed by atoms with Gasteiger partial charge in [0.25, 0.3) is 0 Å². The van der Waals surface area contributed by atoms with Crippen LogP contribution in [0.15, 0.2) is 91.1 Å².